The van der Waals surface area contributed by atoms with Gasteiger partial charge in [0.1, 0.15) is 0 Å². The van der Waals surface area contributed by atoms with Crippen LogP contribution in [-0.4, -0.2) is 9.97 Å². The summed E-state index contributed by atoms with van der Waals surface area (Å²) in [5, 5.41) is 6.97. The smallest absolute Gasteiger partial charge is 0.171 e. The highest BCUT2D eigenvalue weighted by atomic mass is 31.2. The zero-order chi connectivity index (χ0) is 25.3. The summed E-state index contributed by atoms with van der Waals surface area (Å²) in [6, 6.07) is 42.7. The first-order valence-electron chi connectivity index (χ1n) is 12.7. The van der Waals surface area contributed by atoms with Crippen LogP contribution >= 0.6 is 7.14 Å². The van der Waals surface area contributed by atoms with Crippen LogP contribution in [0.2, 0.25) is 0 Å². The molecule has 0 N–H and O–H groups in total. The molecule has 0 spiro atoms. The maximum atomic E-state index is 15.2. The molecule has 0 saturated carbocycles. The second-order valence-electron chi connectivity index (χ2n) is 9.78. The topological polar surface area (TPSA) is 42.9 Å². The maximum Gasteiger partial charge on any atom is 0.171 e. The third kappa shape index (κ3) is 3.00. The van der Waals surface area contributed by atoms with Crippen molar-refractivity contribution >= 4 is 55.6 Å². The van der Waals surface area contributed by atoms with E-state index in [0.29, 0.717) is 0 Å². The van der Waals surface area contributed by atoms with Gasteiger partial charge >= 0.3 is 0 Å². The van der Waals surface area contributed by atoms with Crippen molar-refractivity contribution in [2.24, 2.45) is 0 Å². The molecule has 8 rings (SSSR count). The Hall–Kier alpha value is -4.59. The van der Waals surface area contributed by atoms with Crippen molar-refractivity contribution in [1.82, 2.24) is 9.97 Å². The SMILES string of the molecule is O=P(c1ccccc1)(c1ccc2ccccc2c1)c1ccc2nc3c(nc2c1)-c1cccc2cccc-3c12. The van der Waals surface area contributed by atoms with E-state index in [9.17, 15) is 0 Å². The lowest BCUT2D eigenvalue weighted by Gasteiger charge is -2.21. The molecule has 1 heterocycles. The molecule has 1 atom stereocenters. The largest absolute Gasteiger partial charge is 0.309 e. The third-order valence-electron chi connectivity index (χ3n) is 7.64. The predicted octanol–water partition coefficient (Wildman–Crippen LogP) is 7.22. The Morgan fingerprint density at radius 2 is 1.05 bits per heavy atom. The van der Waals surface area contributed by atoms with Gasteiger partial charge in [-0.2, -0.15) is 0 Å². The summed E-state index contributed by atoms with van der Waals surface area (Å²) in [5.41, 5.74) is 5.59. The van der Waals surface area contributed by atoms with E-state index >= 15 is 4.57 Å². The van der Waals surface area contributed by atoms with E-state index in [2.05, 4.69) is 60.7 Å². The van der Waals surface area contributed by atoms with Crippen LogP contribution in [0.3, 0.4) is 0 Å². The van der Waals surface area contributed by atoms with Crippen molar-refractivity contribution in [2.75, 3.05) is 0 Å². The van der Waals surface area contributed by atoms with Gasteiger partial charge in [0.2, 0.25) is 0 Å². The first-order valence-corrected chi connectivity index (χ1v) is 14.4. The Balaban J connectivity index is 1.37. The van der Waals surface area contributed by atoms with Crippen LogP contribution in [0, 0.1) is 0 Å². The highest BCUT2D eigenvalue weighted by Gasteiger charge is 2.31. The fraction of sp³-hybridized carbons (Fsp3) is 0. The Bertz CT molecular complexity index is 2110. The molecule has 0 saturated heterocycles. The molecule has 1 aliphatic carbocycles. The second kappa shape index (κ2) is 7.95. The summed E-state index contributed by atoms with van der Waals surface area (Å²) >= 11 is 0. The molecule has 1 unspecified atom stereocenters. The van der Waals surface area contributed by atoms with Crippen molar-refractivity contribution in [3.8, 4) is 22.5 Å². The van der Waals surface area contributed by atoms with Crippen LogP contribution in [-0.2, 0) is 4.57 Å². The molecule has 6 aromatic carbocycles. The lowest BCUT2D eigenvalue weighted by molar-refractivity contribution is 0.592. The summed E-state index contributed by atoms with van der Waals surface area (Å²) in [5.74, 6) is 0. The molecule has 0 amide bonds. The first-order chi connectivity index (χ1) is 18.7. The molecule has 0 fully saturated rings. The van der Waals surface area contributed by atoms with Gasteiger partial charge in [0.15, 0.2) is 7.14 Å². The molecular formula is C34H21N2OP. The fourth-order valence-corrected chi connectivity index (χ4v) is 8.49. The number of hydrogen-bond acceptors (Lipinski definition) is 3. The summed E-state index contributed by atoms with van der Waals surface area (Å²) < 4.78 is 15.2. The second-order valence-corrected chi connectivity index (χ2v) is 12.5. The van der Waals surface area contributed by atoms with Gasteiger partial charge < -0.3 is 4.57 Å². The van der Waals surface area contributed by atoms with Crippen molar-refractivity contribution < 1.29 is 4.57 Å². The van der Waals surface area contributed by atoms with E-state index in [1.165, 1.54) is 10.8 Å². The predicted molar refractivity (Wildman–Crippen MR) is 158 cm³/mol. The fourth-order valence-electron chi connectivity index (χ4n) is 5.81. The molecule has 3 nitrogen and oxygen atoms in total. The minimum Gasteiger partial charge on any atom is -0.309 e. The molecule has 0 radical (unpaired) electrons. The number of aromatic nitrogens is 2. The lowest BCUT2D eigenvalue weighted by Crippen LogP contribution is -2.25. The van der Waals surface area contributed by atoms with Gasteiger partial charge in [-0.1, -0.05) is 103 Å². The Labute approximate surface area is 219 Å². The number of fused-ring (bicyclic) bond motifs is 5. The summed E-state index contributed by atoms with van der Waals surface area (Å²) in [6.07, 6.45) is 0. The number of rotatable bonds is 3. The van der Waals surface area contributed by atoms with Crippen molar-refractivity contribution in [3.63, 3.8) is 0 Å². The average molecular weight is 505 g/mol. The molecule has 38 heavy (non-hydrogen) atoms. The van der Waals surface area contributed by atoms with E-state index in [1.54, 1.807) is 0 Å². The van der Waals surface area contributed by atoms with Crippen LogP contribution < -0.4 is 15.9 Å². The van der Waals surface area contributed by atoms with Crippen molar-refractivity contribution in [2.45, 2.75) is 0 Å². The Morgan fingerprint density at radius 1 is 0.447 bits per heavy atom. The van der Waals surface area contributed by atoms with Crippen molar-refractivity contribution in [1.29, 1.82) is 0 Å². The molecule has 1 aliphatic rings. The summed E-state index contributed by atoms with van der Waals surface area (Å²) in [7, 11) is -3.18. The van der Waals surface area contributed by atoms with E-state index in [4.69, 9.17) is 9.97 Å². The van der Waals surface area contributed by atoms with Gasteiger partial charge in [0.25, 0.3) is 0 Å². The molecule has 7 aromatic rings. The first kappa shape index (κ1) is 21.5. The maximum absolute atomic E-state index is 15.2. The van der Waals surface area contributed by atoms with E-state index in [1.807, 2.05) is 66.7 Å². The highest BCUT2D eigenvalue weighted by molar-refractivity contribution is 7.85. The molecule has 0 aliphatic heterocycles. The summed E-state index contributed by atoms with van der Waals surface area (Å²) in [4.78, 5) is 10.2. The van der Waals surface area contributed by atoms with Crippen LogP contribution in [0.5, 0.6) is 0 Å². The minimum atomic E-state index is -3.18. The van der Waals surface area contributed by atoms with Crippen LogP contribution in [0.25, 0.3) is 55.1 Å². The van der Waals surface area contributed by atoms with Gasteiger partial charge in [-0.25, -0.2) is 9.97 Å². The number of benzene rings is 6. The molecular weight excluding hydrogens is 483 g/mol. The van der Waals surface area contributed by atoms with Crippen molar-refractivity contribution in [3.05, 3.63) is 127 Å². The molecule has 178 valence electrons. The standard InChI is InChI=1S/C34H21N2OP/c37-38(25-12-2-1-3-13-25,26-17-16-22-8-4-5-9-24(22)20-26)27-18-19-30-31(21-27)36-34-29-15-7-11-23-10-6-14-28(32(23)29)33(34)35-30/h1-21H. The zero-order valence-corrected chi connectivity index (χ0v) is 21.3. The molecule has 1 aromatic heterocycles. The molecule has 4 heteroatoms. The monoisotopic (exact) mass is 504 g/mol. The van der Waals surface area contributed by atoms with E-state index in [-0.39, 0.29) is 0 Å². The highest BCUT2D eigenvalue weighted by Crippen LogP contribution is 2.47. The quantitative estimate of drug-likeness (QED) is 0.239. The average Bonchev–Trinajstić information content (AvgIpc) is 3.29. The number of hydrogen-bond donors (Lipinski definition) is 0. The van der Waals surface area contributed by atoms with Crippen LogP contribution in [0.15, 0.2) is 127 Å². The van der Waals surface area contributed by atoms with E-state index < -0.39 is 7.14 Å². The van der Waals surface area contributed by atoms with Crippen LogP contribution in [0.4, 0.5) is 0 Å². The van der Waals surface area contributed by atoms with Gasteiger partial charge in [0, 0.05) is 32.4 Å². The Kier molecular flexibility index (Phi) is 4.50. The summed E-state index contributed by atoms with van der Waals surface area (Å²) in [6.45, 7) is 0. The van der Waals surface area contributed by atoms with Gasteiger partial charge in [-0.05, 0) is 40.4 Å². The third-order valence-corrected chi connectivity index (χ3v) is 10.7. The Morgan fingerprint density at radius 3 is 1.82 bits per heavy atom. The molecule has 0 bridgehead atoms. The minimum absolute atomic E-state index is 0.753. The van der Waals surface area contributed by atoms with Gasteiger partial charge in [0.05, 0.1) is 22.4 Å². The van der Waals surface area contributed by atoms with Gasteiger partial charge in [-0.3, -0.25) is 0 Å². The zero-order valence-electron chi connectivity index (χ0n) is 20.4. The van der Waals surface area contributed by atoms with Gasteiger partial charge in [-0.15, -0.1) is 0 Å². The van der Waals surface area contributed by atoms with Crippen LogP contribution in [0.1, 0.15) is 0 Å². The normalized spacial score (nSPS) is 13.6. The number of nitrogens with zero attached hydrogens (tertiary/aromatic N) is 2. The lowest BCUT2D eigenvalue weighted by atomic mass is 10.0. The van der Waals surface area contributed by atoms with E-state index in [0.717, 1.165) is 60.2 Å².